The fourth-order valence-electron chi connectivity index (χ4n) is 2.79. The summed E-state index contributed by atoms with van der Waals surface area (Å²) in [5.74, 6) is -0.999. The van der Waals surface area contributed by atoms with Crippen molar-refractivity contribution in [2.75, 3.05) is 11.4 Å². The van der Waals surface area contributed by atoms with E-state index in [9.17, 15) is 14.0 Å². The Morgan fingerprint density at radius 3 is 2.61 bits per heavy atom. The standard InChI is InChI=1S/C18H17FN2O2/c1-12-6-2-3-7-13(12)17(22)20-15-10-11-21(18(15)23)16-9-5-4-8-14(16)19/h2-9,15H,10-11H2,1H3,(H,20,22)/t15-/m0/s1. The zero-order valence-electron chi connectivity index (χ0n) is 12.8. The van der Waals surface area contributed by atoms with Crippen LogP contribution in [0.3, 0.4) is 0 Å². The van der Waals surface area contributed by atoms with Gasteiger partial charge in [0.05, 0.1) is 5.69 Å². The van der Waals surface area contributed by atoms with E-state index in [4.69, 9.17) is 0 Å². The maximum absolute atomic E-state index is 13.8. The van der Waals surface area contributed by atoms with Crippen LogP contribution < -0.4 is 10.2 Å². The lowest BCUT2D eigenvalue weighted by Gasteiger charge is -2.18. The second kappa shape index (κ2) is 6.20. The number of nitrogens with zero attached hydrogens (tertiary/aromatic N) is 1. The summed E-state index contributed by atoms with van der Waals surface area (Å²) in [5, 5.41) is 2.75. The first-order chi connectivity index (χ1) is 11.1. The van der Waals surface area contributed by atoms with Gasteiger partial charge in [-0.25, -0.2) is 4.39 Å². The van der Waals surface area contributed by atoms with Crippen LogP contribution in [0.1, 0.15) is 22.3 Å². The Labute approximate surface area is 133 Å². The molecule has 0 bridgehead atoms. The molecular formula is C18H17FN2O2. The van der Waals surface area contributed by atoms with Crippen molar-refractivity contribution in [2.45, 2.75) is 19.4 Å². The maximum Gasteiger partial charge on any atom is 0.252 e. The first kappa shape index (κ1) is 15.2. The summed E-state index contributed by atoms with van der Waals surface area (Å²) in [6.07, 6.45) is 0.463. The van der Waals surface area contributed by atoms with Gasteiger partial charge in [-0.15, -0.1) is 0 Å². The lowest BCUT2D eigenvalue weighted by atomic mass is 10.1. The first-order valence-electron chi connectivity index (χ1n) is 7.50. The number of aryl methyl sites for hydroxylation is 1. The molecule has 0 saturated carbocycles. The average Bonchev–Trinajstić information content (AvgIpc) is 2.89. The summed E-state index contributed by atoms with van der Waals surface area (Å²) < 4.78 is 13.8. The number of amides is 2. The van der Waals surface area contributed by atoms with Gasteiger partial charge in [0.1, 0.15) is 11.9 Å². The zero-order valence-corrected chi connectivity index (χ0v) is 12.8. The van der Waals surface area contributed by atoms with Crippen LogP contribution >= 0.6 is 0 Å². The number of carbonyl (C=O) groups is 2. The predicted molar refractivity (Wildman–Crippen MR) is 85.8 cm³/mol. The Bertz CT molecular complexity index is 760. The van der Waals surface area contributed by atoms with Gasteiger partial charge in [0.2, 0.25) is 5.91 Å². The highest BCUT2D eigenvalue weighted by Gasteiger charge is 2.34. The van der Waals surface area contributed by atoms with E-state index in [1.54, 1.807) is 30.3 Å². The lowest BCUT2D eigenvalue weighted by molar-refractivity contribution is -0.118. The largest absolute Gasteiger partial charge is 0.340 e. The molecule has 0 aromatic heterocycles. The zero-order chi connectivity index (χ0) is 16.4. The van der Waals surface area contributed by atoms with Gasteiger partial charge in [-0.3, -0.25) is 9.59 Å². The number of rotatable bonds is 3. The minimum absolute atomic E-state index is 0.255. The van der Waals surface area contributed by atoms with Crippen LogP contribution in [0.15, 0.2) is 48.5 Å². The summed E-state index contributed by atoms with van der Waals surface area (Å²) in [6.45, 7) is 2.23. The molecule has 118 valence electrons. The number of anilines is 1. The smallest absolute Gasteiger partial charge is 0.252 e. The SMILES string of the molecule is Cc1ccccc1C(=O)N[C@H]1CCN(c2ccccc2F)C1=O. The molecule has 1 aliphatic heterocycles. The van der Waals surface area contributed by atoms with Crippen molar-refractivity contribution in [3.8, 4) is 0 Å². The van der Waals surface area contributed by atoms with E-state index in [2.05, 4.69) is 5.32 Å². The number of carbonyl (C=O) groups excluding carboxylic acids is 2. The van der Waals surface area contributed by atoms with Crippen LogP contribution in [0.5, 0.6) is 0 Å². The Balaban J connectivity index is 1.74. The van der Waals surface area contributed by atoms with Crippen LogP contribution in [0.4, 0.5) is 10.1 Å². The molecule has 2 aromatic carbocycles. The lowest BCUT2D eigenvalue weighted by Crippen LogP contribution is -2.41. The molecule has 4 nitrogen and oxygen atoms in total. The number of hydrogen-bond acceptors (Lipinski definition) is 2. The fraction of sp³-hybridized carbons (Fsp3) is 0.222. The van der Waals surface area contributed by atoms with Gasteiger partial charge in [0, 0.05) is 12.1 Å². The third kappa shape index (κ3) is 2.95. The summed E-state index contributed by atoms with van der Waals surface area (Å²) in [4.78, 5) is 26.2. The van der Waals surface area contributed by atoms with Crippen molar-refractivity contribution in [2.24, 2.45) is 0 Å². The number of hydrogen-bond donors (Lipinski definition) is 1. The molecule has 1 aliphatic rings. The number of halogens is 1. The first-order valence-corrected chi connectivity index (χ1v) is 7.50. The molecular weight excluding hydrogens is 295 g/mol. The monoisotopic (exact) mass is 312 g/mol. The molecule has 5 heteroatoms. The van der Waals surface area contributed by atoms with Crippen LogP contribution in [0.25, 0.3) is 0 Å². The predicted octanol–water partition coefficient (Wildman–Crippen LogP) is 2.67. The number of nitrogens with one attached hydrogen (secondary N) is 1. The molecule has 1 heterocycles. The maximum atomic E-state index is 13.8. The van der Waals surface area contributed by atoms with E-state index in [0.29, 0.717) is 18.5 Å². The number of benzene rings is 2. The molecule has 0 aliphatic carbocycles. The van der Waals surface area contributed by atoms with E-state index in [0.717, 1.165) is 5.56 Å². The molecule has 1 saturated heterocycles. The molecule has 0 radical (unpaired) electrons. The van der Waals surface area contributed by atoms with Gasteiger partial charge in [-0.1, -0.05) is 30.3 Å². The molecule has 1 fully saturated rings. The van der Waals surface area contributed by atoms with Crippen molar-refractivity contribution < 1.29 is 14.0 Å². The molecule has 2 aromatic rings. The van der Waals surface area contributed by atoms with Crippen molar-refractivity contribution in [3.63, 3.8) is 0 Å². The molecule has 0 unspecified atom stereocenters. The minimum Gasteiger partial charge on any atom is -0.340 e. The summed E-state index contributed by atoms with van der Waals surface area (Å²) in [5.41, 5.74) is 1.65. The highest BCUT2D eigenvalue weighted by molar-refractivity contribution is 6.04. The molecule has 1 atom stereocenters. The van der Waals surface area contributed by atoms with Crippen molar-refractivity contribution in [1.29, 1.82) is 0 Å². The van der Waals surface area contributed by atoms with E-state index < -0.39 is 11.9 Å². The Hall–Kier alpha value is -2.69. The van der Waals surface area contributed by atoms with E-state index in [1.807, 2.05) is 19.1 Å². The molecule has 23 heavy (non-hydrogen) atoms. The average molecular weight is 312 g/mol. The summed E-state index contributed by atoms with van der Waals surface area (Å²) in [6, 6.07) is 12.7. The molecule has 3 rings (SSSR count). The third-order valence-electron chi connectivity index (χ3n) is 4.04. The van der Waals surface area contributed by atoms with Gasteiger partial charge in [-0.05, 0) is 37.1 Å². The summed E-state index contributed by atoms with van der Waals surface area (Å²) in [7, 11) is 0. The number of para-hydroxylation sites is 1. The Morgan fingerprint density at radius 1 is 1.17 bits per heavy atom. The quantitative estimate of drug-likeness (QED) is 0.947. The minimum atomic E-state index is -0.623. The highest BCUT2D eigenvalue weighted by atomic mass is 19.1. The second-order valence-electron chi connectivity index (χ2n) is 5.57. The second-order valence-corrected chi connectivity index (χ2v) is 5.57. The van der Waals surface area contributed by atoms with E-state index in [1.165, 1.54) is 11.0 Å². The van der Waals surface area contributed by atoms with E-state index in [-0.39, 0.29) is 17.5 Å². The fourth-order valence-corrected chi connectivity index (χ4v) is 2.79. The Kier molecular flexibility index (Phi) is 4.10. The van der Waals surface area contributed by atoms with Gasteiger partial charge < -0.3 is 10.2 Å². The highest BCUT2D eigenvalue weighted by Crippen LogP contribution is 2.24. The van der Waals surface area contributed by atoms with Crippen LogP contribution in [-0.2, 0) is 4.79 Å². The van der Waals surface area contributed by atoms with Gasteiger partial charge >= 0.3 is 0 Å². The third-order valence-corrected chi connectivity index (χ3v) is 4.04. The van der Waals surface area contributed by atoms with Crippen LogP contribution in [0.2, 0.25) is 0 Å². The molecule has 0 spiro atoms. The molecule has 1 N–H and O–H groups in total. The molecule has 2 amide bonds. The van der Waals surface area contributed by atoms with Crippen molar-refractivity contribution >= 4 is 17.5 Å². The van der Waals surface area contributed by atoms with Crippen LogP contribution in [0, 0.1) is 12.7 Å². The topological polar surface area (TPSA) is 49.4 Å². The van der Waals surface area contributed by atoms with Gasteiger partial charge in [0.25, 0.3) is 5.91 Å². The van der Waals surface area contributed by atoms with Crippen molar-refractivity contribution in [3.05, 3.63) is 65.5 Å². The normalized spacial score (nSPS) is 17.4. The van der Waals surface area contributed by atoms with Crippen molar-refractivity contribution in [1.82, 2.24) is 5.32 Å². The Morgan fingerprint density at radius 2 is 1.87 bits per heavy atom. The van der Waals surface area contributed by atoms with Gasteiger partial charge in [-0.2, -0.15) is 0 Å². The van der Waals surface area contributed by atoms with E-state index >= 15 is 0 Å². The van der Waals surface area contributed by atoms with Crippen LogP contribution in [-0.4, -0.2) is 24.4 Å². The summed E-state index contributed by atoms with van der Waals surface area (Å²) >= 11 is 0. The van der Waals surface area contributed by atoms with Gasteiger partial charge in [0.15, 0.2) is 0 Å².